The van der Waals surface area contributed by atoms with Gasteiger partial charge in [0.05, 0.1) is 17.6 Å². The van der Waals surface area contributed by atoms with Crippen molar-refractivity contribution in [1.82, 2.24) is 0 Å². The number of sulfonamides is 1. The van der Waals surface area contributed by atoms with Crippen LogP contribution in [0.1, 0.15) is 6.92 Å². The highest BCUT2D eigenvalue weighted by Crippen LogP contribution is 2.32. The molecule has 1 N–H and O–H groups in total. The van der Waals surface area contributed by atoms with Crippen LogP contribution < -0.4 is 14.4 Å². The first kappa shape index (κ1) is 23.5. The summed E-state index contributed by atoms with van der Waals surface area (Å²) in [6.07, 6.45) is 0.862. The van der Waals surface area contributed by atoms with Gasteiger partial charge in [-0.05, 0) is 49.4 Å². The molecule has 3 aromatic carbocycles. The van der Waals surface area contributed by atoms with Gasteiger partial charge in [-0.1, -0.05) is 29.8 Å². The molecular formula is C22H19ClF2N2O4S. The molecule has 0 heterocycles. The van der Waals surface area contributed by atoms with Crippen LogP contribution in [0.25, 0.3) is 0 Å². The molecule has 168 valence electrons. The third-order valence-corrected chi connectivity index (χ3v) is 5.89. The van der Waals surface area contributed by atoms with Crippen LogP contribution in [0.2, 0.25) is 5.02 Å². The van der Waals surface area contributed by atoms with E-state index >= 15 is 0 Å². The molecule has 0 saturated heterocycles. The van der Waals surface area contributed by atoms with Gasteiger partial charge in [0.1, 0.15) is 11.8 Å². The molecule has 0 fully saturated rings. The fourth-order valence-corrected chi connectivity index (χ4v) is 4.31. The lowest BCUT2D eigenvalue weighted by molar-refractivity contribution is -0.116. The minimum absolute atomic E-state index is 0.194. The van der Waals surface area contributed by atoms with E-state index in [1.54, 1.807) is 36.4 Å². The zero-order chi connectivity index (χ0) is 23.5. The number of ether oxygens (including phenoxy) is 1. The van der Waals surface area contributed by atoms with Crippen molar-refractivity contribution < 1.29 is 26.7 Å². The maximum absolute atomic E-state index is 13.7. The van der Waals surface area contributed by atoms with Crippen molar-refractivity contribution >= 4 is 38.9 Å². The Hall–Kier alpha value is -3.17. The lowest BCUT2D eigenvalue weighted by Crippen LogP contribution is -2.45. The molecule has 0 aliphatic heterocycles. The lowest BCUT2D eigenvalue weighted by Gasteiger charge is -2.28. The van der Waals surface area contributed by atoms with Crippen LogP contribution >= 0.6 is 11.6 Å². The molecule has 0 radical (unpaired) electrons. The van der Waals surface area contributed by atoms with Crippen LogP contribution in [-0.4, -0.2) is 26.6 Å². The van der Waals surface area contributed by atoms with Gasteiger partial charge in [-0.3, -0.25) is 9.10 Å². The molecule has 0 bridgehead atoms. The van der Waals surface area contributed by atoms with Gasteiger partial charge in [-0.25, -0.2) is 17.2 Å². The number of rotatable bonds is 7. The highest BCUT2D eigenvalue weighted by molar-refractivity contribution is 7.92. The number of halogens is 3. The van der Waals surface area contributed by atoms with Gasteiger partial charge in [-0.2, -0.15) is 0 Å². The highest BCUT2D eigenvalue weighted by Gasteiger charge is 2.30. The van der Waals surface area contributed by atoms with Gasteiger partial charge in [0.25, 0.3) is 0 Å². The lowest BCUT2D eigenvalue weighted by atomic mass is 10.2. The van der Waals surface area contributed by atoms with Crippen molar-refractivity contribution in [2.24, 2.45) is 0 Å². The van der Waals surface area contributed by atoms with Gasteiger partial charge in [0.15, 0.2) is 17.4 Å². The number of hydrogen-bond donors (Lipinski definition) is 1. The molecule has 1 atom stereocenters. The molecule has 10 heteroatoms. The Balaban J connectivity index is 1.91. The first-order chi connectivity index (χ1) is 15.1. The fourth-order valence-electron chi connectivity index (χ4n) is 2.97. The van der Waals surface area contributed by atoms with E-state index < -0.39 is 33.6 Å². The van der Waals surface area contributed by atoms with E-state index in [1.165, 1.54) is 13.0 Å². The first-order valence-corrected chi connectivity index (χ1v) is 11.6. The van der Waals surface area contributed by atoms with E-state index in [2.05, 4.69) is 5.32 Å². The molecule has 0 aliphatic carbocycles. The Bertz CT molecular complexity index is 1240. The first-order valence-electron chi connectivity index (χ1n) is 9.34. The maximum Gasteiger partial charge on any atom is 0.248 e. The molecule has 3 aromatic rings. The third kappa shape index (κ3) is 5.54. The SMILES string of the molecule is CC(C(=O)Nc1cc(Cl)ccc1Oc1ccccc1)N(c1ccc(F)c(F)c1)S(C)(=O)=O. The number of nitrogens with one attached hydrogen (secondary N) is 1. The zero-order valence-corrected chi connectivity index (χ0v) is 18.6. The second kappa shape index (κ2) is 9.54. The minimum atomic E-state index is -4.02. The van der Waals surface area contributed by atoms with Crippen molar-refractivity contribution in [3.63, 3.8) is 0 Å². The molecule has 32 heavy (non-hydrogen) atoms. The van der Waals surface area contributed by atoms with Gasteiger partial charge in [-0.15, -0.1) is 0 Å². The number of hydrogen-bond acceptors (Lipinski definition) is 4. The quantitative estimate of drug-likeness (QED) is 0.504. The Kier molecular flexibility index (Phi) is 7.00. The number of carbonyl (C=O) groups excluding carboxylic acids is 1. The van der Waals surface area contributed by atoms with Gasteiger partial charge in [0.2, 0.25) is 15.9 Å². The summed E-state index contributed by atoms with van der Waals surface area (Å²) in [5, 5.41) is 2.91. The summed E-state index contributed by atoms with van der Waals surface area (Å²) in [7, 11) is -4.02. The molecule has 0 aliphatic rings. The molecule has 0 aromatic heterocycles. The Morgan fingerprint density at radius 2 is 1.72 bits per heavy atom. The van der Waals surface area contributed by atoms with E-state index in [0.717, 1.165) is 18.4 Å². The summed E-state index contributed by atoms with van der Waals surface area (Å²) in [6.45, 7) is 1.32. The summed E-state index contributed by atoms with van der Waals surface area (Å²) in [4.78, 5) is 13.0. The zero-order valence-electron chi connectivity index (χ0n) is 17.1. The molecule has 6 nitrogen and oxygen atoms in total. The Morgan fingerprint density at radius 1 is 1.03 bits per heavy atom. The number of amides is 1. The number of para-hydroxylation sites is 1. The standard InChI is InChI=1S/C22H19ClF2N2O4S/c1-14(27(32(2,29)30)16-9-10-18(24)19(25)13-16)22(28)26-20-12-15(23)8-11-21(20)31-17-6-4-3-5-7-17/h3-14H,1-2H3,(H,26,28). The number of benzene rings is 3. The van der Waals surface area contributed by atoms with Crippen LogP contribution in [0.3, 0.4) is 0 Å². The Morgan fingerprint density at radius 3 is 2.34 bits per heavy atom. The molecule has 0 spiro atoms. The largest absolute Gasteiger partial charge is 0.455 e. The summed E-state index contributed by atoms with van der Waals surface area (Å²) >= 11 is 6.06. The fraction of sp³-hybridized carbons (Fsp3) is 0.136. The second-order valence-electron chi connectivity index (χ2n) is 6.88. The van der Waals surface area contributed by atoms with Crippen molar-refractivity contribution in [3.05, 3.63) is 83.4 Å². The van der Waals surface area contributed by atoms with Gasteiger partial charge in [0, 0.05) is 11.1 Å². The van der Waals surface area contributed by atoms with E-state index in [4.69, 9.17) is 16.3 Å². The highest BCUT2D eigenvalue weighted by atomic mass is 35.5. The van der Waals surface area contributed by atoms with Crippen molar-refractivity contribution in [3.8, 4) is 11.5 Å². The molecule has 0 saturated carbocycles. The van der Waals surface area contributed by atoms with Crippen molar-refractivity contribution in [2.75, 3.05) is 15.9 Å². The maximum atomic E-state index is 13.7. The average molecular weight is 481 g/mol. The normalized spacial score (nSPS) is 12.2. The third-order valence-electron chi connectivity index (χ3n) is 4.42. The van der Waals surface area contributed by atoms with E-state index in [1.807, 2.05) is 6.07 Å². The smallest absolute Gasteiger partial charge is 0.248 e. The van der Waals surface area contributed by atoms with Gasteiger partial charge >= 0.3 is 0 Å². The second-order valence-corrected chi connectivity index (χ2v) is 9.17. The number of nitrogens with zero attached hydrogens (tertiary/aromatic N) is 1. The molecular weight excluding hydrogens is 462 g/mol. The van der Waals surface area contributed by atoms with Crippen molar-refractivity contribution in [2.45, 2.75) is 13.0 Å². The van der Waals surface area contributed by atoms with Gasteiger partial charge < -0.3 is 10.1 Å². The van der Waals surface area contributed by atoms with Crippen LogP contribution in [0.5, 0.6) is 11.5 Å². The molecule has 3 rings (SSSR count). The monoisotopic (exact) mass is 480 g/mol. The summed E-state index contributed by atoms with van der Waals surface area (Å²) in [5.74, 6) is -2.32. The van der Waals surface area contributed by atoms with Crippen molar-refractivity contribution in [1.29, 1.82) is 0 Å². The van der Waals surface area contributed by atoms with E-state index in [9.17, 15) is 22.0 Å². The topological polar surface area (TPSA) is 75.7 Å². The number of carbonyl (C=O) groups is 1. The average Bonchev–Trinajstić information content (AvgIpc) is 2.72. The number of anilines is 2. The van der Waals surface area contributed by atoms with Crippen LogP contribution in [0.4, 0.5) is 20.2 Å². The molecule has 1 unspecified atom stereocenters. The summed E-state index contributed by atoms with van der Waals surface area (Å²) in [6, 6.07) is 14.7. The Labute approximate surface area is 189 Å². The van der Waals surface area contributed by atoms with Crippen LogP contribution in [-0.2, 0) is 14.8 Å². The van der Waals surface area contributed by atoms with E-state index in [0.29, 0.717) is 21.1 Å². The predicted octanol–water partition coefficient (Wildman–Crippen LogP) is 5.20. The molecule has 1 amide bonds. The summed E-state index contributed by atoms with van der Waals surface area (Å²) < 4.78 is 58.3. The summed E-state index contributed by atoms with van der Waals surface area (Å²) in [5.41, 5.74) is 0.0119. The minimum Gasteiger partial charge on any atom is -0.455 e. The van der Waals surface area contributed by atoms with Crippen LogP contribution in [0.15, 0.2) is 66.7 Å². The van der Waals surface area contributed by atoms with E-state index in [-0.39, 0.29) is 17.1 Å². The predicted molar refractivity (Wildman–Crippen MR) is 120 cm³/mol. The van der Waals surface area contributed by atoms with Crippen LogP contribution in [0, 0.1) is 11.6 Å².